The molecule has 0 unspecified atom stereocenters. The monoisotopic (exact) mass is 142 g/mol. The van der Waals surface area contributed by atoms with Gasteiger partial charge in [0.05, 0.1) is 0 Å². The summed E-state index contributed by atoms with van der Waals surface area (Å²) >= 11 is 0. The van der Waals surface area contributed by atoms with E-state index in [9.17, 15) is 0 Å². The molecule has 0 bridgehead atoms. The smallest absolute Gasteiger partial charge is 0.0252 e. The molecule has 0 amide bonds. The number of rotatable bonds is 1. The Hall–Kier alpha value is -0.0800. The van der Waals surface area contributed by atoms with Crippen LogP contribution < -0.4 is 11.1 Å². The third-order valence-electron chi connectivity index (χ3n) is 2.21. The highest BCUT2D eigenvalue weighted by atomic mass is 15.0. The van der Waals surface area contributed by atoms with E-state index in [4.69, 9.17) is 5.73 Å². The SMILES string of the molecule is CC(C)(N)[C@@H]1CCCCN1. The normalized spacial score (nSPS) is 28.5. The van der Waals surface area contributed by atoms with Crippen LogP contribution in [0.5, 0.6) is 0 Å². The van der Waals surface area contributed by atoms with Crippen LogP contribution in [0.1, 0.15) is 33.1 Å². The lowest BCUT2D eigenvalue weighted by molar-refractivity contribution is 0.286. The zero-order valence-corrected chi connectivity index (χ0v) is 6.98. The van der Waals surface area contributed by atoms with Crippen LogP contribution in [0.3, 0.4) is 0 Å². The Morgan fingerprint density at radius 3 is 2.40 bits per heavy atom. The van der Waals surface area contributed by atoms with Crippen LogP contribution >= 0.6 is 0 Å². The number of hydrogen-bond donors (Lipinski definition) is 2. The first-order chi connectivity index (χ1) is 4.61. The van der Waals surface area contributed by atoms with Crippen molar-refractivity contribution >= 4 is 0 Å². The van der Waals surface area contributed by atoms with Crippen LogP contribution in [0.25, 0.3) is 0 Å². The van der Waals surface area contributed by atoms with Crippen molar-refractivity contribution in [3.63, 3.8) is 0 Å². The van der Waals surface area contributed by atoms with Crippen LogP contribution in [-0.2, 0) is 0 Å². The summed E-state index contributed by atoms with van der Waals surface area (Å²) in [7, 11) is 0. The van der Waals surface area contributed by atoms with E-state index < -0.39 is 0 Å². The van der Waals surface area contributed by atoms with E-state index in [1.54, 1.807) is 0 Å². The van der Waals surface area contributed by atoms with Crippen LogP contribution in [-0.4, -0.2) is 18.1 Å². The van der Waals surface area contributed by atoms with E-state index in [0.717, 1.165) is 6.54 Å². The first-order valence-electron chi connectivity index (χ1n) is 4.13. The van der Waals surface area contributed by atoms with Gasteiger partial charge in [-0.2, -0.15) is 0 Å². The predicted molar refractivity (Wildman–Crippen MR) is 43.9 cm³/mol. The molecular weight excluding hydrogens is 124 g/mol. The minimum atomic E-state index is -0.0412. The summed E-state index contributed by atoms with van der Waals surface area (Å²) in [6.45, 7) is 5.33. The fourth-order valence-electron chi connectivity index (χ4n) is 1.49. The van der Waals surface area contributed by atoms with Gasteiger partial charge >= 0.3 is 0 Å². The van der Waals surface area contributed by atoms with Crippen LogP contribution in [0.4, 0.5) is 0 Å². The van der Waals surface area contributed by atoms with Gasteiger partial charge in [0.15, 0.2) is 0 Å². The molecule has 1 atom stereocenters. The molecule has 0 radical (unpaired) electrons. The van der Waals surface area contributed by atoms with Gasteiger partial charge in [-0.05, 0) is 33.2 Å². The third kappa shape index (κ3) is 1.96. The molecule has 2 heteroatoms. The second kappa shape index (κ2) is 2.89. The Morgan fingerprint density at radius 1 is 1.40 bits per heavy atom. The first kappa shape index (κ1) is 8.02. The first-order valence-corrected chi connectivity index (χ1v) is 4.13. The van der Waals surface area contributed by atoms with E-state index in [0.29, 0.717) is 6.04 Å². The van der Waals surface area contributed by atoms with Crippen molar-refractivity contribution in [2.75, 3.05) is 6.54 Å². The summed E-state index contributed by atoms with van der Waals surface area (Å²) in [5.41, 5.74) is 5.91. The van der Waals surface area contributed by atoms with Gasteiger partial charge in [0.1, 0.15) is 0 Å². The van der Waals surface area contributed by atoms with E-state index in [1.807, 2.05) is 0 Å². The topological polar surface area (TPSA) is 38.0 Å². The minimum Gasteiger partial charge on any atom is -0.324 e. The largest absolute Gasteiger partial charge is 0.324 e. The summed E-state index contributed by atoms with van der Waals surface area (Å²) < 4.78 is 0. The van der Waals surface area contributed by atoms with E-state index in [2.05, 4.69) is 19.2 Å². The number of nitrogens with one attached hydrogen (secondary N) is 1. The van der Waals surface area contributed by atoms with Crippen molar-refractivity contribution in [2.24, 2.45) is 5.73 Å². The lowest BCUT2D eigenvalue weighted by Crippen LogP contribution is -2.54. The van der Waals surface area contributed by atoms with Crippen molar-refractivity contribution in [1.29, 1.82) is 0 Å². The Bertz CT molecular complexity index is 98.3. The van der Waals surface area contributed by atoms with Crippen molar-refractivity contribution < 1.29 is 0 Å². The van der Waals surface area contributed by atoms with Gasteiger partial charge in [-0.1, -0.05) is 6.42 Å². The lowest BCUT2D eigenvalue weighted by atomic mass is 9.89. The number of piperidine rings is 1. The fraction of sp³-hybridized carbons (Fsp3) is 1.00. The van der Waals surface area contributed by atoms with Crippen LogP contribution in [0.2, 0.25) is 0 Å². The summed E-state index contributed by atoms with van der Waals surface area (Å²) in [6, 6.07) is 0.529. The zero-order chi connectivity index (χ0) is 7.61. The Balaban J connectivity index is 2.39. The van der Waals surface area contributed by atoms with E-state index in [-0.39, 0.29) is 5.54 Å². The van der Waals surface area contributed by atoms with Gasteiger partial charge in [0.25, 0.3) is 0 Å². The molecule has 0 aromatic rings. The van der Waals surface area contributed by atoms with E-state index in [1.165, 1.54) is 19.3 Å². The van der Waals surface area contributed by atoms with Crippen LogP contribution in [0, 0.1) is 0 Å². The molecule has 0 aromatic heterocycles. The average Bonchev–Trinajstić information content (AvgIpc) is 1.88. The molecule has 60 valence electrons. The lowest BCUT2D eigenvalue weighted by Gasteiger charge is -2.34. The van der Waals surface area contributed by atoms with Gasteiger partial charge in [-0.15, -0.1) is 0 Å². The predicted octanol–water partition coefficient (Wildman–Crippen LogP) is 0.866. The zero-order valence-electron chi connectivity index (χ0n) is 6.98. The van der Waals surface area contributed by atoms with Crippen molar-refractivity contribution in [3.05, 3.63) is 0 Å². The summed E-state index contributed by atoms with van der Waals surface area (Å²) in [4.78, 5) is 0. The maximum absolute atomic E-state index is 5.95. The van der Waals surface area contributed by atoms with Crippen molar-refractivity contribution in [3.8, 4) is 0 Å². The van der Waals surface area contributed by atoms with Gasteiger partial charge in [0, 0.05) is 11.6 Å². The molecule has 2 nitrogen and oxygen atoms in total. The maximum Gasteiger partial charge on any atom is 0.0252 e. The van der Waals surface area contributed by atoms with Gasteiger partial charge in [-0.3, -0.25) is 0 Å². The second-order valence-electron chi connectivity index (χ2n) is 3.82. The second-order valence-corrected chi connectivity index (χ2v) is 3.82. The molecule has 1 fully saturated rings. The molecule has 3 N–H and O–H groups in total. The highest BCUT2D eigenvalue weighted by molar-refractivity contribution is 4.89. The molecule has 1 rings (SSSR count). The fourth-order valence-corrected chi connectivity index (χ4v) is 1.49. The van der Waals surface area contributed by atoms with E-state index >= 15 is 0 Å². The molecule has 0 saturated carbocycles. The molecule has 1 heterocycles. The highest BCUT2D eigenvalue weighted by Gasteiger charge is 2.25. The summed E-state index contributed by atoms with van der Waals surface area (Å²) in [5, 5.41) is 3.43. The molecule has 0 spiro atoms. The molecule has 1 saturated heterocycles. The molecular formula is C8H18N2. The highest BCUT2D eigenvalue weighted by Crippen LogP contribution is 2.15. The molecule has 1 aliphatic rings. The average molecular weight is 142 g/mol. The summed E-state index contributed by atoms with van der Waals surface area (Å²) in [5.74, 6) is 0. The molecule has 0 aromatic carbocycles. The maximum atomic E-state index is 5.95. The molecule has 1 aliphatic heterocycles. The Labute approximate surface area is 63.2 Å². The van der Waals surface area contributed by atoms with Crippen molar-refractivity contribution in [1.82, 2.24) is 5.32 Å². The third-order valence-corrected chi connectivity index (χ3v) is 2.21. The van der Waals surface area contributed by atoms with Gasteiger partial charge in [0.2, 0.25) is 0 Å². The number of nitrogens with two attached hydrogens (primary N) is 1. The van der Waals surface area contributed by atoms with Crippen LogP contribution in [0.15, 0.2) is 0 Å². The van der Waals surface area contributed by atoms with Crippen molar-refractivity contribution in [2.45, 2.75) is 44.7 Å². The van der Waals surface area contributed by atoms with Gasteiger partial charge < -0.3 is 11.1 Å². The quantitative estimate of drug-likeness (QED) is 0.570. The number of hydrogen-bond acceptors (Lipinski definition) is 2. The standard InChI is InChI=1S/C8H18N2/c1-8(2,9)7-5-3-4-6-10-7/h7,10H,3-6,9H2,1-2H3/t7-/m0/s1. The summed E-state index contributed by atoms with van der Waals surface area (Å²) in [6.07, 6.45) is 3.88. The van der Waals surface area contributed by atoms with Gasteiger partial charge in [-0.25, -0.2) is 0 Å². The Kier molecular flexibility index (Phi) is 2.32. The molecule has 0 aliphatic carbocycles. The minimum absolute atomic E-state index is 0.0412. The Morgan fingerprint density at radius 2 is 2.10 bits per heavy atom. The molecule has 10 heavy (non-hydrogen) atoms.